The maximum Gasteiger partial charge on any atom is 0.170 e. The van der Waals surface area contributed by atoms with Crippen LogP contribution in [0.3, 0.4) is 0 Å². The van der Waals surface area contributed by atoms with Gasteiger partial charge in [0.1, 0.15) is 17.7 Å². The number of benzene rings is 2. The molecule has 4 nitrogen and oxygen atoms in total. The number of ether oxygens (including phenoxy) is 1. The Labute approximate surface area is 140 Å². The highest BCUT2D eigenvalue weighted by atomic mass is 19.1. The number of carbonyl (C=O) groups excluding carboxylic acids is 1. The van der Waals surface area contributed by atoms with Gasteiger partial charge in [0.25, 0.3) is 0 Å². The molecule has 0 saturated carbocycles. The summed E-state index contributed by atoms with van der Waals surface area (Å²) in [6.07, 6.45) is -0.188. The van der Waals surface area contributed by atoms with Gasteiger partial charge in [-0.25, -0.2) is 4.39 Å². The summed E-state index contributed by atoms with van der Waals surface area (Å²) in [7, 11) is 0. The third kappa shape index (κ3) is 2.87. The van der Waals surface area contributed by atoms with Crippen LogP contribution in [0.15, 0.2) is 42.5 Å². The van der Waals surface area contributed by atoms with Crippen LogP contribution in [-0.2, 0) is 0 Å². The molecule has 4 rings (SSSR count). The third-order valence-electron chi connectivity index (χ3n) is 4.61. The topological polar surface area (TPSA) is 41.6 Å². The molecule has 0 radical (unpaired) electrons. The maximum atomic E-state index is 13.4. The van der Waals surface area contributed by atoms with E-state index in [9.17, 15) is 9.18 Å². The number of Topliss-reactive ketones (excluding diaryl/α,β-unsaturated/α-hetero) is 1. The standard InChI is InChI=1S/C19H19FN2O2/c20-14-3-1-2-13(10-14)19-12-17(23)16-11-15(4-5-18(16)24-19)22-8-6-21-7-9-22/h1-5,10-11,19,21H,6-9,12H2. The fourth-order valence-electron chi connectivity index (χ4n) is 3.32. The Kier molecular flexibility index (Phi) is 3.94. The van der Waals surface area contributed by atoms with Crippen molar-refractivity contribution in [2.45, 2.75) is 12.5 Å². The van der Waals surface area contributed by atoms with E-state index in [4.69, 9.17) is 4.74 Å². The number of anilines is 1. The van der Waals surface area contributed by atoms with Crippen molar-refractivity contribution in [2.75, 3.05) is 31.1 Å². The van der Waals surface area contributed by atoms with E-state index < -0.39 is 6.10 Å². The van der Waals surface area contributed by atoms with E-state index >= 15 is 0 Å². The predicted molar refractivity (Wildman–Crippen MR) is 90.2 cm³/mol. The second kappa shape index (κ2) is 6.24. The van der Waals surface area contributed by atoms with Crippen LogP contribution in [0.1, 0.15) is 28.4 Å². The first-order valence-corrected chi connectivity index (χ1v) is 8.26. The number of hydrogen-bond donors (Lipinski definition) is 1. The molecule has 1 unspecified atom stereocenters. The molecule has 2 heterocycles. The molecule has 0 aromatic heterocycles. The molecule has 2 aromatic rings. The summed E-state index contributed by atoms with van der Waals surface area (Å²) < 4.78 is 19.4. The van der Waals surface area contributed by atoms with Gasteiger partial charge in [0.2, 0.25) is 0 Å². The molecule has 124 valence electrons. The predicted octanol–water partition coefficient (Wildman–Crippen LogP) is 2.94. The van der Waals surface area contributed by atoms with Gasteiger partial charge in [-0.3, -0.25) is 4.79 Å². The number of halogens is 1. The van der Waals surface area contributed by atoms with Crippen LogP contribution in [0.4, 0.5) is 10.1 Å². The Balaban J connectivity index is 1.61. The lowest BCUT2D eigenvalue weighted by Crippen LogP contribution is -2.43. The largest absolute Gasteiger partial charge is 0.484 e. The third-order valence-corrected chi connectivity index (χ3v) is 4.61. The average molecular weight is 326 g/mol. The highest BCUT2D eigenvalue weighted by molar-refractivity contribution is 6.00. The number of carbonyl (C=O) groups is 1. The molecule has 1 fully saturated rings. The summed E-state index contributed by atoms with van der Waals surface area (Å²) in [5.41, 5.74) is 2.37. The fourth-order valence-corrected chi connectivity index (χ4v) is 3.32. The summed E-state index contributed by atoms with van der Waals surface area (Å²) in [6, 6.07) is 12.0. The molecular formula is C19H19FN2O2. The highest BCUT2D eigenvalue weighted by Gasteiger charge is 2.28. The van der Waals surface area contributed by atoms with E-state index in [0.717, 1.165) is 31.9 Å². The monoisotopic (exact) mass is 326 g/mol. The van der Waals surface area contributed by atoms with Gasteiger partial charge in [0.05, 0.1) is 12.0 Å². The number of ketones is 1. The van der Waals surface area contributed by atoms with Crippen molar-refractivity contribution in [3.63, 3.8) is 0 Å². The molecule has 1 N–H and O–H groups in total. The van der Waals surface area contributed by atoms with E-state index in [1.807, 2.05) is 18.2 Å². The van der Waals surface area contributed by atoms with E-state index in [-0.39, 0.29) is 18.0 Å². The zero-order valence-corrected chi connectivity index (χ0v) is 13.3. The van der Waals surface area contributed by atoms with Crippen LogP contribution in [0.25, 0.3) is 0 Å². The Hall–Kier alpha value is -2.40. The number of fused-ring (bicyclic) bond motifs is 1. The zero-order valence-electron chi connectivity index (χ0n) is 13.3. The smallest absolute Gasteiger partial charge is 0.170 e. The van der Waals surface area contributed by atoms with Crippen molar-refractivity contribution in [2.24, 2.45) is 0 Å². The number of nitrogens with zero attached hydrogens (tertiary/aromatic N) is 1. The minimum Gasteiger partial charge on any atom is -0.484 e. The van der Waals surface area contributed by atoms with Gasteiger partial charge in [-0.2, -0.15) is 0 Å². The summed E-state index contributed by atoms with van der Waals surface area (Å²) in [5, 5.41) is 3.32. The summed E-state index contributed by atoms with van der Waals surface area (Å²) in [5.74, 6) is 0.310. The Morgan fingerprint density at radius 1 is 1.12 bits per heavy atom. The minimum atomic E-state index is -0.425. The Morgan fingerprint density at radius 2 is 1.96 bits per heavy atom. The first-order chi connectivity index (χ1) is 11.7. The number of piperazine rings is 1. The number of rotatable bonds is 2. The highest BCUT2D eigenvalue weighted by Crippen LogP contribution is 2.37. The van der Waals surface area contributed by atoms with Crippen LogP contribution in [0, 0.1) is 5.82 Å². The summed E-state index contributed by atoms with van der Waals surface area (Å²) in [4.78, 5) is 14.9. The number of nitrogens with one attached hydrogen (secondary N) is 1. The second-order valence-electron chi connectivity index (χ2n) is 6.21. The molecule has 2 aromatic carbocycles. The first-order valence-electron chi connectivity index (χ1n) is 8.26. The van der Waals surface area contributed by atoms with Gasteiger partial charge in [-0.15, -0.1) is 0 Å². The summed E-state index contributed by atoms with van der Waals surface area (Å²) >= 11 is 0. The first kappa shape index (κ1) is 15.1. The van der Waals surface area contributed by atoms with Crippen molar-refractivity contribution in [1.82, 2.24) is 5.32 Å². The lowest BCUT2D eigenvalue weighted by Gasteiger charge is -2.31. The van der Waals surface area contributed by atoms with E-state index in [2.05, 4.69) is 10.2 Å². The van der Waals surface area contributed by atoms with Crippen molar-refractivity contribution >= 4 is 11.5 Å². The fraction of sp³-hybridized carbons (Fsp3) is 0.316. The van der Waals surface area contributed by atoms with Gasteiger partial charge < -0.3 is 15.0 Å². The molecule has 0 amide bonds. The summed E-state index contributed by atoms with van der Waals surface area (Å²) in [6.45, 7) is 3.76. The van der Waals surface area contributed by atoms with Gasteiger partial charge >= 0.3 is 0 Å². The van der Waals surface area contributed by atoms with Crippen LogP contribution >= 0.6 is 0 Å². The van der Waals surface area contributed by atoms with Gasteiger partial charge in [-0.1, -0.05) is 12.1 Å². The van der Waals surface area contributed by atoms with Gasteiger partial charge in [0.15, 0.2) is 5.78 Å². The van der Waals surface area contributed by atoms with Crippen molar-refractivity contribution in [3.05, 3.63) is 59.4 Å². The van der Waals surface area contributed by atoms with Gasteiger partial charge in [-0.05, 0) is 35.9 Å². The average Bonchev–Trinajstić information content (AvgIpc) is 2.62. The molecule has 2 aliphatic heterocycles. The Bertz CT molecular complexity index is 772. The quantitative estimate of drug-likeness (QED) is 0.921. The molecule has 24 heavy (non-hydrogen) atoms. The van der Waals surface area contributed by atoms with E-state index in [1.54, 1.807) is 12.1 Å². The molecule has 0 bridgehead atoms. The lowest BCUT2D eigenvalue weighted by atomic mass is 9.95. The van der Waals surface area contributed by atoms with Gasteiger partial charge in [0, 0.05) is 31.9 Å². The SMILES string of the molecule is O=C1CC(c2cccc(F)c2)Oc2ccc(N3CCNCC3)cc21. The molecule has 5 heteroatoms. The Morgan fingerprint density at radius 3 is 2.75 bits per heavy atom. The molecule has 0 aliphatic carbocycles. The van der Waals surface area contributed by atoms with Crippen LogP contribution in [0.5, 0.6) is 5.75 Å². The molecular weight excluding hydrogens is 307 g/mol. The molecule has 0 spiro atoms. The molecule has 2 aliphatic rings. The van der Waals surface area contributed by atoms with Crippen LogP contribution < -0.4 is 15.0 Å². The van der Waals surface area contributed by atoms with E-state index in [0.29, 0.717) is 16.9 Å². The number of hydrogen-bond acceptors (Lipinski definition) is 4. The zero-order chi connectivity index (χ0) is 16.5. The van der Waals surface area contributed by atoms with Crippen molar-refractivity contribution in [1.29, 1.82) is 0 Å². The van der Waals surface area contributed by atoms with Crippen molar-refractivity contribution < 1.29 is 13.9 Å². The van der Waals surface area contributed by atoms with E-state index in [1.165, 1.54) is 12.1 Å². The minimum absolute atomic E-state index is 0.0440. The molecule has 1 saturated heterocycles. The normalized spacial score (nSPS) is 20.5. The maximum absolute atomic E-state index is 13.4. The second-order valence-corrected chi connectivity index (χ2v) is 6.21. The van der Waals surface area contributed by atoms with Crippen molar-refractivity contribution in [3.8, 4) is 5.75 Å². The van der Waals surface area contributed by atoms with Crippen LogP contribution in [0.2, 0.25) is 0 Å². The van der Waals surface area contributed by atoms with Crippen LogP contribution in [-0.4, -0.2) is 32.0 Å². The molecule has 1 atom stereocenters. The lowest BCUT2D eigenvalue weighted by molar-refractivity contribution is 0.0849.